The molecule has 6 heteroatoms. The standard InChI is InChI=1S/C68H44N6/c1-68(2)55-29-11-7-23-47(55)54-39-43(34-36-56(54)68)72-58-31-13-9-25-52(58)63-60(72)37-38-61-64(63)53-26-10-14-32-59(53)73(61)44-33-35-49-48-24-8-12-30-57(48)74(62(49)40-44)67-70-65(50-27-15-19-41-17-3-5-21-45(41)50)69-66(71-67)51-28-16-20-42-18-4-6-22-46(42)51/h3-40H,1-2H3. The summed E-state index contributed by atoms with van der Waals surface area (Å²) < 4.78 is 7.17. The molecule has 4 aromatic heterocycles. The minimum Gasteiger partial charge on any atom is -0.309 e. The maximum atomic E-state index is 5.45. The summed E-state index contributed by atoms with van der Waals surface area (Å²) in [5.74, 6) is 1.80. The van der Waals surface area contributed by atoms with E-state index in [-0.39, 0.29) is 5.41 Å². The van der Waals surface area contributed by atoms with E-state index in [9.17, 15) is 0 Å². The SMILES string of the molecule is CC1(C)c2ccccc2-c2cc(-n3c4ccccc4c4c5c6ccccc6n(-c6ccc7c8ccccc8n(-c8nc(-c9cccc%10ccccc9%10)nc(-c9cccc%10ccccc9%10)n8)c7c6)c5ccc43)ccc21. The molecule has 346 valence electrons. The van der Waals surface area contributed by atoms with Crippen LogP contribution in [0.25, 0.3) is 138 Å². The molecule has 4 heterocycles. The van der Waals surface area contributed by atoms with Crippen molar-refractivity contribution in [2.24, 2.45) is 0 Å². The molecule has 74 heavy (non-hydrogen) atoms. The summed E-state index contributed by atoms with van der Waals surface area (Å²) in [5.41, 5.74) is 16.1. The molecule has 1 aliphatic rings. The first-order chi connectivity index (χ1) is 36.5. The predicted octanol–water partition coefficient (Wildman–Crippen LogP) is 17.1. The zero-order valence-electron chi connectivity index (χ0n) is 40.6. The van der Waals surface area contributed by atoms with Gasteiger partial charge in [-0.2, -0.15) is 9.97 Å². The van der Waals surface area contributed by atoms with Gasteiger partial charge in [-0.1, -0.05) is 190 Å². The monoisotopic (exact) mass is 944 g/mol. The summed E-state index contributed by atoms with van der Waals surface area (Å²) in [6, 6.07) is 83.6. The van der Waals surface area contributed by atoms with Gasteiger partial charge < -0.3 is 9.13 Å². The van der Waals surface area contributed by atoms with Crippen molar-refractivity contribution in [2.75, 3.05) is 0 Å². The van der Waals surface area contributed by atoms with Gasteiger partial charge in [0.2, 0.25) is 5.95 Å². The number of rotatable bonds is 5. The molecular formula is C68H44N6. The highest BCUT2D eigenvalue weighted by Gasteiger charge is 2.35. The van der Waals surface area contributed by atoms with Crippen LogP contribution in [0.5, 0.6) is 0 Å². The van der Waals surface area contributed by atoms with Crippen LogP contribution in [0.3, 0.4) is 0 Å². The Morgan fingerprint density at radius 1 is 0.297 bits per heavy atom. The molecule has 0 spiro atoms. The van der Waals surface area contributed by atoms with E-state index >= 15 is 0 Å². The maximum Gasteiger partial charge on any atom is 0.238 e. The van der Waals surface area contributed by atoms with E-state index in [2.05, 4.69) is 258 Å². The van der Waals surface area contributed by atoms with E-state index in [1.165, 1.54) is 54.8 Å². The summed E-state index contributed by atoms with van der Waals surface area (Å²) in [7, 11) is 0. The lowest BCUT2D eigenvalue weighted by molar-refractivity contribution is 0.660. The van der Waals surface area contributed by atoms with Gasteiger partial charge >= 0.3 is 0 Å². The molecule has 15 aromatic rings. The Bertz CT molecular complexity index is 4780. The van der Waals surface area contributed by atoms with E-state index in [1.807, 2.05) is 0 Å². The number of nitrogens with zero attached hydrogens (tertiary/aromatic N) is 6. The number of hydrogen-bond acceptors (Lipinski definition) is 3. The van der Waals surface area contributed by atoms with Crippen LogP contribution in [0, 0.1) is 0 Å². The summed E-state index contributed by atoms with van der Waals surface area (Å²) in [6.45, 7) is 4.70. The highest BCUT2D eigenvalue weighted by Crippen LogP contribution is 2.50. The van der Waals surface area contributed by atoms with Crippen molar-refractivity contribution >= 4 is 87.0 Å². The van der Waals surface area contributed by atoms with Crippen molar-refractivity contribution in [2.45, 2.75) is 19.3 Å². The fourth-order valence-electron chi connectivity index (χ4n) is 12.8. The fourth-order valence-corrected chi connectivity index (χ4v) is 12.8. The van der Waals surface area contributed by atoms with Crippen LogP contribution < -0.4 is 0 Å². The van der Waals surface area contributed by atoms with Gasteiger partial charge in [-0.15, -0.1) is 0 Å². The second-order valence-corrected chi connectivity index (χ2v) is 20.3. The third kappa shape index (κ3) is 5.68. The normalized spacial score (nSPS) is 13.1. The van der Waals surface area contributed by atoms with Gasteiger partial charge in [-0.3, -0.25) is 4.57 Å². The number of aromatic nitrogens is 6. The maximum absolute atomic E-state index is 5.45. The lowest BCUT2D eigenvalue weighted by atomic mass is 9.82. The minimum atomic E-state index is -0.0666. The zero-order valence-corrected chi connectivity index (χ0v) is 40.6. The van der Waals surface area contributed by atoms with Gasteiger partial charge in [-0.05, 0) is 98.4 Å². The molecule has 16 rings (SSSR count). The molecule has 0 N–H and O–H groups in total. The predicted molar refractivity (Wildman–Crippen MR) is 306 cm³/mol. The van der Waals surface area contributed by atoms with Crippen molar-refractivity contribution in [1.82, 2.24) is 28.7 Å². The Hall–Kier alpha value is -9.65. The van der Waals surface area contributed by atoms with Crippen molar-refractivity contribution in [1.29, 1.82) is 0 Å². The van der Waals surface area contributed by atoms with Gasteiger partial charge in [0, 0.05) is 60.2 Å². The molecule has 0 fully saturated rings. The van der Waals surface area contributed by atoms with Crippen LogP contribution in [-0.2, 0) is 5.41 Å². The molecule has 1 aliphatic carbocycles. The summed E-state index contributed by atoms with van der Waals surface area (Å²) in [6.07, 6.45) is 0. The largest absolute Gasteiger partial charge is 0.309 e. The average Bonchev–Trinajstić information content (AvgIpc) is 4.20. The van der Waals surface area contributed by atoms with Gasteiger partial charge in [0.15, 0.2) is 11.6 Å². The first kappa shape index (κ1) is 41.0. The highest BCUT2D eigenvalue weighted by atomic mass is 15.2. The number of benzene rings is 11. The van der Waals surface area contributed by atoms with Crippen molar-refractivity contribution < 1.29 is 0 Å². The number of hydrogen-bond donors (Lipinski definition) is 0. The average molecular weight is 945 g/mol. The Balaban J connectivity index is 0.945. The molecule has 0 amide bonds. The molecule has 0 aliphatic heterocycles. The summed E-state index contributed by atoms with van der Waals surface area (Å²) >= 11 is 0. The molecule has 0 radical (unpaired) electrons. The van der Waals surface area contributed by atoms with Crippen molar-refractivity contribution in [3.63, 3.8) is 0 Å². The molecule has 0 atom stereocenters. The Kier molecular flexibility index (Phi) is 8.42. The van der Waals surface area contributed by atoms with Crippen LogP contribution in [0.15, 0.2) is 231 Å². The van der Waals surface area contributed by atoms with E-state index in [1.54, 1.807) is 0 Å². The number of para-hydroxylation sites is 3. The Labute approximate surface area is 425 Å². The smallest absolute Gasteiger partial charge is 0.238 e. The van der Waals surface area contributed by atoms with Crippen molar-refractivity contribution in [3.05, 3.63) is 242 Å². The Morgan fingerprint density at radius 2 is 0.743 bits per heavy atom. The third-order valence-electron chi connectivity index (χ3n) is 16.1. The molecule has 0 saturated heterocycles. The van der Waals surface area contributed by atoms with Gasteiger partial charge in [0.1, 0.15) is 0 Å². The number of fused-ring (bicyclic) bond motifs is 15. The second-order valence-electron chi connectivity index (χ2n) is 20.3. The van der Waals surface area contributed by atoms with Crippen LogP contribution in [0.4, 0.5) is 0 Å². The molecule has 6 nitrogen and oxygen atoms in total. The summed E-state index contributed by atoms with van der Waals surface area (Å²) in [5, 5.41) is 11.6. The Morgan fingerprint density at radius 3 is 1.36 bits per heavy atom. The van der Waals surface area contributed by atoms with Crippen LogP contribution in [-0.4, -0.2) is 28.7 Å². The minimum absolute atomic E-state index is 0.0666. The third-order valence-corrected chi connectivity index (χ3v) is 16.1. The van der Waals surface area contributed by atoms with E-state index in [4.69, 9.17) is 15.0 Å². The van der Waals surface area contributed by atoms with Gasteiger partial charge in [-0.25, -0.2) is 4.98 Å². The molecular weight excluding hydrogens is 901 g/mol. The lowest BCUT2D eigenvalue weighted by Crippen LogP contribution is -2.14. The van der Waals surface area contributed by atoms with Gasteiger partial charge in [0.25, 0.3) is 0 Å². The summed E-state index contributed by atoms with van der Waals surface area (Å²) in [4.78, 5) is 16.2. The highest BCUT2D eigenvalue weighted by molar-refractivity contribution is 6.29. The van der Waals surface area contributed by atoms with E-state index in [0.717, 1.165) is 76.9 Å². The lowest BCUT2D eigenvalue weighted by Gasteiger charge is -2.21. The van der Waals surface area contributed by atoms with E-state index in [0.29, 0.717) is 17.6 Å². The van der Waals surface area contributed by atoms with Gasteiger partial charge in [0.05, 0.1) is 33.1 Å². The fraction of sp³-hybridized carbons (Fsp3) is 0.0441. The van der Waals surface area contributed by atoms with E-state index < -0.39 is 0 Å². The van der Waals surface area contributed by atoms with Crippen LogP contribution in [0.2, 0.25) is 0 Å². The molecule has 0 bridgehead atoms. The topological polar surface area (TPSA) is 53.5 Å². The quantitative estimate of drug-likeness (QED) is 0.173. The molecule has 0 saturated carbocycles. The molecule has 11 aromatic carbocycles. The van der Waals surface area contributed by atoms with Crippen LogP contribution >= 0.6 is 0 Å². The molecule has 0 unspecified atom stereocenters. The van der Waals surface area contributed by atoms with Crippen LogP contribution in [0.1, 0.15) is 25.0 Å². The first-order valence-electron chi connectivity index (χ1n) is 25.4. The second kappa shape index (κ2) is 15.2. The first-order valence-corrected chi connectivity index (χ1v) is 25.4. The van der Waals surface area contributed by atoms with Crippen molar-refractivity contribution in [3.8, 4) is 51.2 Å². The zero-order chi connectivity index (χ0) is 48.8.